The molecule has 3 aromatic rings. The van der Waals surface area contributed by atoms with Gasteiger partial charge < -0.3 is 15.7 Å². The molecule has 1 aliphatic rings. The lowest BCUT2D eigenvalue weighted by Gasteiger charge is -2.25. The summed E-state index contributed by atoms with van der Waals surface area (Å²) in [4.78, 5) is 26.6. The van der Waals surface area contributed by atoms with Gasteiger partial charge in [0.15, 0.2) is 11.6 Å². The standard InChI is InChI=1S/C24H22N2O6S/c1-12(2)25-15-8-9-16(26-17-11-13(3)7-10-19(17)33(30,31)32)22-21(15)23(28)14-5-4-6-18(27)20(14)24(22)29/h4-12,25-27H,1-3H3,(H,30,31,32). The molecule has 4 N–H and O–H groups in total. The summed E-state index contributed by atoms with van der Waals surface area (Å²) in [5.74, 6) is -1.34. The Morgan fingerprint density at radius 3 is 2.18 bits per heavy atom. The van der Waals surface area contributed by atoms with Crippen LogP contribution in [-0.4, -0.2) is 35.7 Å². The van der Waals surface area contributed by atoms with E-state index < -0.39 is 21.7 Å². The van der Waals surface area contributed by atoms with E-state index in [4.69, 9.17) is 0 Å². The summed E-state index contributed by atoms with van der Waals surface area (Å²) in [5, 5.41) is 16.4. The molecule has 0 spiro atoms. The van der Waals surface area contributed by atoms with Crippen LogP contribution in [0.25, 0.3) is 0 Å². The van der Waals surface area contributed by atoms with E-state index in [2.05, 4.69) is 10.6 Å². The zero-order valence-electron chi connectivity index (χ0n) is 18.1. The second-order valence-corrected chi connectivity index (χ2v) is 9.56. The van der Waals surface area contributed by atoms with Crippen LogP contribution in [-0.2, 0) is 10.1 Å². The number of carbonyl (C=O) groups excluding carboxylic acids is 2. The van der Waals surface area contributed by atoms with Crippen molar-refractivity contribution in [2.75, 3.05) is 10.6 Å². The van der Waals surface area contributed by atoms with E-state index in [0.717, 1.165) is 0 Å². The van der Waals surface area contributed by atoms with Crippen LogP contribution in [0.3, 0.4) is 0 Å². The lowest BCUT2D eigenvalue weighted by molar-refractivity contribution is 0.0978. The largest absolute Gasteiger partial charge is 0.507 e. The molecule has 0 bridgehead atoms. The summed E-state index contributed by atoms with van der Waals surface area (Å²) in [7, 11) is -4.56. The van der Waals surface area contributed by atoms with Gasteiger partial charge in [0.1, 0.15) is 10.6 Å². The first kappa shape index (κ1) is 22.5. The van der Waals surface area contributed by atoms with Crippen molar-refractivity contribution in [1.82, 2.24) is 0 Å². The highest BCUT2D eigenvalue weighted by atomic mass is 32.2. The fraction of sp³-hybridized carbons (Fsp3) is 0.167. The van der Waals surface area contributed by atoms with Crippen LogP contribution in [0, 0.1) is 6.92 Å². The van der Waals surface area contributed by atoms with Gasteiger partial charge in [0, 0.05) is 17.3 Å². The van der Waals surface area contributed by atoms with Crippen LogP contribution in [0.15, 0.2) is 53.4 Å². The van der Waals surface area contributed by atoms with Crippen LogP contribution in [0.4, 0.5) is 17.1 Å². The predicted octanol–water partition coefficient (Wildman–Crippen LogP) is 4.29. The molecule has 0 unspecified atom stereocenters. The van der Waals surface area contributed by atoms with Crippen molar-refractivity contribution in [2.45, 2.75) is 31.7 Å². The second kappa shape index (κ2) is 8.02. The maximum atomic E-state index is 13.5. The molecule has 0 heterocycles. The molecule has 4 rings (SSSR count). The number of ketones is 2. The van der Waals surface area contributed by atoms with Crippen molar-refractivity contribution >= 4 is 38.7 Å². The third-order valence-corrected chi connectivity index (χ3v) is 6.21. The monoisotopic (exact) mass is 466 g/mol. The van der Waals surface area contributed by atoms with Crippen molar-refractivity contribution in [3.63, 3.8) is 0 Å². The van der Waals surface area contributed by atoms with E-state index in [1.165, 1.54) is 36.4 Å². The van der Waals surface area contributed by atoms with Crippen molar-refractivity contribution in [1.29, 1.82) is 0 Å². The van der Waals surface area contributed by atoms with E-state index in [1.807, 2.05) is 13.8 Å². The first-order valence-corrected chi connectivity index (χ1v) is 11.6. The number of hydrogen-bond donors (Lipinski definition) is 4. The third kappa shape index (κ3) is 3.96. The zero-order chi connectivity index (χ0) is 24.1. The van der Waals surface area contributed by atoms with E-state index in [0.29, 0.717) is 11.3 Å². The number of phenolic OH excluding ortho intramolecular Hbond substituents is 1. The van der Waals surface area contributed by atoms with E-state index in [1.54, 1.807) is 19.1 Å². The Morgan fingerprint density at radius 1 is 0.848 bits per heavy atom. The fourth-order valence-electron chi connectivity index (χ4n) is 3.95. The number of fused-ring (bicyclic) bond motifs is 2. The highest BCUT2D eigenvalue weighted by Crippen LogP contribution is 2.40. The molecular formula is C24H22N2O6S. The number of phenols is 1. The van der Waals surface area contributed by atoms with Crippen molar-refractivity contribution in [2.24, 2.45) is 0 Å². The maximum absolute atomic E-state index is 13.5. The number of anilines is 3. The number of hydrogen-bond acceptors (Lipinski definition) is 7. The molecule has 0 radical (unpaired) electrons. The normalized spacial score (nSPS) is 13.0. The predicted molar refractivity (Wildman–Crippen MR) is 124 cm³/mol. The molecule has 0 atom stereocenters. The van der Waals surface area contributed by atoms with Gasteiger partial charge in [0.05, 0.1) is 28.1 Å². The van der Waals surface area contributed by atoms with Crippen LogP contribution in [0.5, 0.6) is 5.75 Å². The van der Waals surface area contributed by atoms with Gasteiger partial charge in [-0.3, -0.25) is 14.1 Å². The minimum atomic E-state index is -4.56. The number of aryl methyl sites for hydroxylation is 1. The highest BCUT2D eigenvalue weighted by molar-refractivity contribution is 7.86. The molecule has 0 amide bonds. The number of nitrogens with one attached hydrogen (secondary N) is 2. The molecule has 9 heteroatoms. The van der Waals surface area contributed by atoms with Gasteiger partial charge in [0.2, 0.25) is 0 Å². The van der Waals surface area contributed by atoms with Gasteiger partial charge in [-0.25, -0.2) is 0 Å². The second-order valence-electron chi connectivity index (χ2n) is 8.17. The summed E-state index contributed by atoms with van der Waals surface area (Å²) in [6, 6.07) is 11.7. The van der Waals surface area contributed by atoms with E-state index in [-0.39, 0.29) is 50.3 Å². The smallest absolute Gasteiger partial charge is 0.296 e. The lowest BCUT2D eigenvalue weighted by Crippen LogP contribution is -2.25. The Balaban J connectivity index is 1.97. The number of rotatable bonds is 5. The molecule has 0 saturated heterocycles. The van der Waals surface area contributed by atoms with Gasteiger partial charge in [-0.05, 0) is 56.7 Å². The first-order valence-electron chi connectivity index (χ1n) is 10.2. The molecule has 8 nitrogen and oxygen atoms in total. The molecule has 0 aliphatic heterocycles. The summed E-state index contributed by atoms with van der Waals surface area (Å²) >= 11 is 0. The Morgan fingerprint density at radius 2 is 1.52 bits per heavy atom. The summed E-state index contributed by atoms with van der Waals surface area (Å²) < 4.78 is 33.4. The summed E-state index contributed by atoms with van der Waals surface area (Å²) in [6.45, 7) is 5.52. The van der Waals surface area contributed by atoms with Gasteiger partial charge in [-0.15, -0.1) is 0 Å². The van der Waals surface area contributed by atoms with Gasteiger partial charge in [0.25, 0.3) is 10.1 Å². The van der Waals surface area contributed by atoms with E-state index in [9.17, 15) is 27.7 Å². The van der Waals surface area contributed by atoms with Gasteiger partial charge in [-0.1, -0.05) is 18.2 Å². The number of benzene rings is 3. The summed E-state index contributed by atoms with van der Waals surface area (Å²) in [5.41, 5.74) is 1.47. The molecule has 0 saturated carbocycles. The van der Waals surface area contributed by atoms with Crippen LogP contribution in [0.2, 0.25) is 0 Å². The Kier molecular flexibility index (Phi) is 5.47. The maximum Gasteiger partial charge on any atom is 0.296 e. The van der Waals surface area contributed by atoms with Crippen molar-refractivity contribution in [3.05, 3.63) is 76.3 Å². The molecule has 33 heavy (non-hydrogen) atoms. The minimum absolute atomic E-state index is 0.00226. The van der Waals surface area contributed by atoms with Crippen molar-refractivity contribution < 1.29 is 27.7 Å². The molecule has 0 fully saturated rings. The molecule has 170 valence electrons. The number of carbonyl (C=O) groups is 2. The molecule has 0 aromatic heterocycles. The Labute approximate surface area is 191 Å². The Bertz CT molecular complexity index is 1430. The average Bonchev–Trinajstić information content (AvgIpc) is 2.71. The molecular weight excluding hydrogens is 444 g/mol. The first-order chi connectivity index (χ1) is 15.5. The van der Waals surface area contributed by atoms with E-state index >= 15 is 0 Å². The SMILES string of the molecule is Cc1ccc(S(=O)(=O)O)c(Nc2ccc(NC(C)C)c3c2C(=O)c2c(O)cccc2C3=O)c1. The van der Waals surface area contributed by atoms with Crippen molar-refractivity contribution in [3.8, 4) is 5.75 Å². The molecule has 3 aromatic carbocycles. The third-order valence-electron chi connectivity index (χ3n) is 5.30. The van der Waals surface area contributed by atoms with Crippen LogP contribution in [0.1, 0.15) is 51.3 Å². The highest BCUT2D eigenvalue weighted by Gasteiger charge is 2.36. The quantitative estimate of drug-likeness (QED) is 0.320. The van der Waals surface area contributed by atoms with Crippen LogP contribution >= 0.6 is 0 Å². The molecule has 1 aliphatic carbocycles. The topological polar surface area (TPSA) is 133 Å². The fourth-order valence-corrected chi connectivity index (χ4v) is 4.58. The van der Waals surface area contributed by atoms with Gasteiger partial charge >= 0.3 is 0 Å². The zero-order valence-corrected chi connectivity index (χ0v) is 18.9. The Hall–Kier alpha value is -3.69. The summed E-state index contributed by atoms with van der Waals surface area (Å²) in [6.07, 6.45) is 0. The van der Waals surface area contributed by atoms with Crippen LogP contribution < -0.4 is 10.6 Å². The minimum Gasteiger partial charge on any atom is -0.507 e. The number of aromatic hydroxyl groups is 1. The van der Waals surface area contributed by atoms with Gasteiger partial charge in [-0.2, -0.15) is 8.42 Å². The average molecular weight is 467 g/mol. The lowest BCUT2D eigenvalue weighted by atomic mass is 9.81.